The maximum atomic E-state index is 12.5. The summed E-state index contributed by atoms with van der Waals surface area (Å²) < 4.78 is 38.4. The van der Waals surface area contributed by atoms with Crippen LogP contribution in [0.15, 0.2) is 29.2 Å². The van der Waals surface area contributed by atoms with Crippen LogP contribution in [0.2, 0.25) is 0 Å². The van der Waals surface area contributed by atoms with Crippen molar-refractivity contribution in [2.45, 2.75) is 19.5 Å². The topological polar surface area (TPSA) is 106 Å². The fourth-order valence-electron chi connectivity index (χ4n) is 3.06. The van der Waals surface area contributed by atoms with Gasteiger partial charge in [0.05, 0.1) is 23.3 Å². The maximum Gasteiger partial charge on any atom is 0.390 e. The lowest BCUT2D eigenvalue weighted by Crippen LogP contribution is -2.33. The lowest BCUT2D eigenvalue weighted by molar-refractivity contribution is -0.132. The Morgan fingerprint density at radius 2 is 2.04 bits per heavy atom. The monoisotopic (exact) mass is 393 g/mol. The number of aryl methyl sites for hydroxylation is 2. The van der Waals surface area contributed by atoms with Crippen LogP contribution in [-0.4, -0.2) is 33.4 Å². The summed E-state index contributed by atoms with van der Waals surface area (Å²) in [5.41, 5.74) is 7.39. The largest absolute Gasteiger partial charge is 0.397 e. The summed E-state index contributed by atoms with van der Waals surface area (Å²) in [4.78, 5) is 27.4. The second-order valence-corrected chi connectivity index (χ2v) is 6.39. The van der Waals surface area contributed by atoms with Gasteiger partial charge in [-0.15, -0.1) is 0 Å². The van der Waals surface area contributed by atoms with Gasteiger partial charge in [-0.05, 0) is 6.92 Å². The van der Waals surface area contributed by atoms with Gasteiger partial charge in [0.25, 0.3) is 11.5 Å². The Morgan fingerprint density at radius 1 is 1.32 bits per heavy atom. The Bertz CT molecular complexity index is 1110. The minimum atomic E-state index is -4.41. The summed E-state index contributed by atoms with van der Waals surface area (Å²) >= 11 is 0. The molecule has 10 heteroatoms. The first-order valence-electron chi connectivity index (χ1n) is 8.38. The quantitative estimate of drug-likeness (QED) is 0.633. The van der Waals surface area contributed by atoms with Crippen molar-refractivity contribution in [3.8, 4) is 11.1 Å². The molecular formula is C18H18F3N5O2. The first kappa shape index (κ1) is 19.5. The van der Waals surface area contributed by atoms with Crippen molar-refractivity contribution in [2.24, 2.45) is 7.05 Å². The highest BCUT2D eigenvalue weighted by molar-refractivity contribution is 6.09. The number of nitrogens with two attached hydrogens (primary N) is 1. The summed E-state index contributed by atoms with van der Waals surface area (Å²) in [5, 5.41) is 6.78. The zero-order chi connectivity index (χ0) is 20.6. The number of H-pyrrole nitrogens is 1. The number of fused-ring (bicyclic) bond motifs is 1. The third kappa shape index (κ3) is 3.71. The molecule has 0 atom stereocenters. The number of carbonyl (C=O) groups is 1. The lowest BCUT2D eigenvalue weighted by atomic mass is 10.0. The van der Waals surface area contributed by atoms with Gasteiger partial charge in [-0.2, -0.15) is 18.3 Å². The summed E-state index contributed by atoms with van der Waals surface area (Å²) in [6.07, 6.45) is -3.82. The Labute approximate surface area is 157 Å². The summed E-state index contributed by atoms with van der Waals surface area (Å²) in [6.45, 7) is 1.17. The van der Waals surface area contributed by atoms with Crippen molar-refractivity contribution in [1.29, 1.82) is 0 Å². The molecule has 0 bridgehead atoms. The van der Waals surface area contributed by atoms with Gasteiger partial charge in [0, 0.05) is 36.3 Å². The van der Waals surface area contributed by atoms with E-state index >= 15 is 0 Å². The van der Waals surface area contributed by atoms with Gasteiger partial charge >= 0.3 is 6.18 Å². The Balaban J connectivity index is 2.05. The normalized spacial score (nSPS) is 11.8. The first-order valence-corrected chi connectivity index (χ1v) is 8.38. The molecule has 0 aliphatic heterocycles. The molecule has 2 aromatic heterocycles. The smallest absolute Gasteiger partial charge is 0.390 e. The Kier molecular flexibility index (Phi) is 4.88. The molecule has 148 valence electrons. The van der Waals surface area contributed by atoms with Gasteiger partial charge in [0.1, 0.15) is 5.56 Å². The molecule has 0 fully saturated rings. The molecule has 0 saturated heterocycles. The molecule has 3 aromatic rings. The van der Waals surface area contributed by atoms with Crippen LogP contribution >= 0.6 is 0 Å². The molecule has 28 heavy (non-hydrogen) atoms. The summed E-state index contributed by atoms with van der Waals surface area (Å²) in [7, 11) is 1.77. The molecule has 0 saturated carbocycles. The summed E-state index contributed by atoms with van der Waals surface area (Å²) in [5.74, 6) is -0.951. The first-order chi connectivity index (χ1) is 13.1. The van der Waals surface area contributed by atoms with Crippen LogP contribution in [0.25, 0.3) is 22.0 Å². The number of anilines is 1. The number of para-hydroxylation sites is 1. The Morgan fingerprint density at radius 3 is 2.64 bits per heavy atom. The number of rotatable bonds is 4. The predicted octanol–water partition coefficient (Wildman–Crippen LogP) is 2.50. The minimum Gasteiger partial charge on any atom is -0.397 e. The maximum absolute atomic E-state index is 12.5. The number of nitrogens with zero attached hydrogens (tertiary/aromatic N) is 2. The van der Waals surface area contributed by atoms with E-state index in [2.05, 4.69) is 15.4 Å². The van der Waals surface area contributed by atoms with Crippen LogP contribution in [0.3, 0.4) is 0 Å². The fraction of sp³-hybridized carbons (Fsp3) is 0.278. The van der Waals surface area contributed by atoms with Gasteiger partial charge in [0.15, 0.2) is 0 Å². The number of nitrogens with one attached hydrogen (secondary N) is 2. The van der Waals surface area contributed by atoms with Crippen LogP contribution in [0, 0.1) is 6.92 Å². The standard InChI is InChI=1S/C18H18F3N5O2/c1-9-12(8-26(2)25-9)10-4-3-5-11-14(22)13(17(28)24-15(10)11)16(27)23-7-6-18(19,20)21/h3-5,8H,6-7H2,1-2H3,(H,23,27)(H3,22,24,28). The number of pyridine rings is 1. The van der Waals surface area contributed by atoms with Crippen LogP contribution in [-0.2, 0) is 7.05 Å². The van der Waals surface area contributed by atoms with E-state index in [1.54, 1.807) is 36.1 Å². The van der Waals surface area contributed by atoms with Gasteiger partial charge in [-0.3, -0.25) is 14.3 Å². The SMILES string of the molecule is Cc1nn(C)cc1-c1cccc2c(N)c(C(=O)NCCC(F)(F)F)c(=O)[nH]c12. The Hall–Kier alpha value is -3.30. The molecule has 7 nitrogen and oxygen atoms in total. The molecular weight excluding hydrogens is 375 g/mol. The average Bonchev–Trinajstić information content (AvgIpc) is 2.91. The van der Waals surface area contributed by atoms with Gasteiger partial charge < -0.3 is 16.0 Å². The van der Waals surface area contributed by atoms with Crippen LogP contribution in [0.1, 0.15) is 22.5 Å². The number of hydrogen-bond acceptors (Lipinski definition) is 4. The zero-order valence-corrected chi connectivity index (χ0v) is 15.1. The van der Waals surface area contributed by atoms with Crippen molar-refractivity contribution in [3.63, 3.8) is 0 Å². The van der Waals surface area contributed by atoms with Crippen molar-refractivity contribution in [1.82, 2.24) is 20.1 Å². The van der Waals surface area contributed by atoms with Crippen molar-refractivity contribution in [3.05, 3.63) is 46.0 Å². The van der Waals surface area contributed by atoms with E-state index in [9.17, 15) is 22.8 Å². The van der Waals surface area contributed by atoms with E-state index in [0.29, 0.717) is 16.5 Å². The number of aromatic amines is 1. The number of benzene rings is 1. The number of aromatic nitrogens is 3. The average molecular weight is 393 g/mol. The number of amides is 1. The fourth-order valence-corrected chi connectivity index (χ4v) is 3.06. The molecule has 0 aliphatic rings. The number of hydrogen-bond donors (Lipinski definition) is 3. The molecule has 2 heterocycles. The van der Waals surface area contributed by atoms with E-state index in [-0.39, 0.29) is 5.69 Å². The van der Waals surface area contributed by atoms with E-state index in [1.807, 2.05) is 6.92 Å². The second kappa shape index (κ2) is 7.02. The molecule has 0 radical (unpaired) electrons. The van der Waals surface area contributed by atoms with Crippen LogP contribution < -0.4 is 16.6 Å². The lowest BCUT2D eigenvalue weighted by Gasteiger charge is -2.12. The highest BCUT2D eigenvalue weighted by atomic mass is 19.4. The molecule has 1 aromatic carbocycles. The van der Waals surface area contributed by atoms with E-state index < -0.39 is 36.2 Å². The molecule has 0 spiro atoms. The zero-order valence-electron chi connectivity index (χ0n) is 15.1. The van der Waals surface area contributed by atoms with Crippen LogP contribution in [0.4, 0.5) is 18.9 Å². The van der Waals surface area contributed by atoms with E-state index in [4.69, 9.17) is 5.73 Å². The second-order valence-electron chi connectivity index (χ2n) is 6.39. The molecule has 3 rings (SSSR count). The van der Waals surface area contributed by atoms with Crippen LogP contribution in [0.5, 0.6) is 0 Å². The molecule has 1 amide bonds. The van der Waals surface area contributed by atoms with Crippen molar-refractivity contribution >= 4 is 22.5 Å². The van der Waals surface area contributed by atoms with Crippen molar-refractivity contribution in [2.75, 3.05) is 12.3 Å². The van der Waals surface area contributed by atoms with Crippen molar-refractivity contribution < 1.29 is 18.0 Å². The molecule has 4 N–H and O–H groups in total. The third-order valence-electron chi connectivity index (χ3n) is 4.31. The number of alkyl halides is 3. The highest BCUT2D eigenvalue weighted by Gasteiger charge is 2.27. The highest BCUT2D eigenvalue weighted by Crippen LogP contribution is 2.31. The number of halogens is 3. The third-order valence-corrected chi connectivity index (χ3v) is 4.31. The number of nitrogen functional groups attached to an aromatic ring is 1. The van der Waals surface area contributed by atoms with E-state index in [0.717, 1.165) is 11.3 Å². The molecule has 0 aliphatic carbocycles. The minimum absolute atomic E-state index is 0.0911. The van der Waals surface area contributed by atoms with Gasteiger partial charge in [-0.25, -0.2) is 0 Å². The summed E-state index contributed by atoms with van der Waals surface area (Å²) in [6, 6.07) is 5.12. The van der Waals surface area contributed by atoms with Gasteiger partial charge in [0.2, 0.25) is 0 Å². The van der Waals surface area contributed by atoms with Gasteiger partial charge in [-0.1, -0.05) is 18.2 Å². The predicted molar refractivity (Wildman–Crippen MR) is 98.9 cm³/mol. The van der Waals surface area contributed by atoms with E-state index in [1.165, 1.54) is 0 Å². The number of carbonyl (C=O) groups excluding carboxylic acids is 1. The molecule has 0 unspecified atom stereocenters.